The van der Waals surface area contributed by atoms with Gasteiger partial charge in [-0.1, -0.05) is 30.1 Å². The van der Waals surface area contributed by atoms with Gasteiger partial charge in [0, 0.05) is 18.0 Å². The van der Waals surface area contributed by atoms with Crippen LogP contribution in [0.3, 0.4) is 0 Å². The minimum Gasteiger partial charge on any atom is -0.493 e. The lowest BCUT2D eigenvalue weighted by Crippen LogP contribution is -2.43. The Labute approximate surface area is 149 Å². The van der Waals surface area contributed by atoms with E-state index in [0.717, 1.165) is 18.3 Å². The Hall–Kier alpha value is -0.440. The summed E-state index contributed by atoms with van der Waals surface area (Å²) >= 11 is 12.0. The van der Waals surface area contributed by atoms with Gasteiger partial charge < -0.3 is 9.64 Å². The fraction of sp³-hybridized carbons (Fsp3) is 0.684. The smallest absolute Gasteiger partial charge is 0.120 e. The van der Waals surface area contributed by atoms with Crippen LogP contribution in [0.5, 0.6) is 5.75 Å². The number of benzene rings is 1. The van der Waals surface area contributed by atoms with Crippen LogP contribution in [-0.4, -0.2) is 31.1 Å². The number of rotatable bonds is 5. The topological polar surface area (TPSA) is 12.5 Å². The predicted octanol–water partition coefficient (Wildman–Crippen LogP) is 5.27. The van der Waals surface area contributed by atoms with Crippen LogP contribution in [0.25, 0.3) is 0 Å². The van der Waals surface area contributed by atoms with E-state index in [4.69, 9.17) is 27.9 Å². The van der Waals surface area contributed by atoms with Crippen LogP contribution >= 0.6 is 23.2 Å². The van der Waals surface area contributed by atoms with Crippen molar-refractivity contribution in [1.29, 1.82) is 0 Å². The summed E-state index contributed by atoms with van der Waals surface area (Å²) in [5.41, 5.74) is 0.978. The first kappa shape index (κ1) is 16.1. The molecule has 0 unspecified atom stereocenters. The standard InChI is InChI=1S/C19H25Cl2NO/c1-14-4-8-22(9-5-14)12-18-6-7-19(18,11-18)13-23-15-2-3-16(20)17(21)10-15/h2-3,10,14H,4-9,11-13H2,1H3/t18-,19+/m0/s1. The molecule has 2 atom stereocenters. The molecule has 1 heterocycles. The van der Waals surface area contributed by atoms with Gasteiger partial charge in [-0.15, -0.1) is 0 Å². The van der Waals surface area contributed by atoms with Gasteiger partial charge >= 0.3 is 0 Å². The van der Waals surface area contributed by atoms with Crippen molar-refractivity contribution < 1.29 is 4.74 Å². The first-order valence-corrected chi connectivity index (χ1v) is 9.58. The Morgan fingerprint density at radius 2 is 1.87 bits per heavy atom. The second-order valence-electron chi connectivity index (χ2n) is 8.06. The Bertz CT molecular complexity index is 599. The molecule has 2 saturated carbocycles. The van der Waals surface area contributed by atoms with Gasteiger partial charge in [-0.05, 0) is 68.7 Å². The van der Waals surface area contributed by atoms with Crippen molar-refractivity contribution in [3.63, 3.8) is 0 Å². The van der Waals surface area contributed by atoms with Gasteiger partial charge in [-0.25, -0.2) is 0 Å². The molecular formula is C19H25Cl2NO. The number of hydrogen-bond donors (Lipinski definition) is 0. The normalized spacial score (nSPS) is 33.9. The SMILES string of the molecule is CC1CCN(C[C@@]23CC[C@]2(COc2ccc(Cl)c(Cl)c2)C3)CC1. The molecule has 1 aliphatic heterocycles. The van der Waals surface area contributed by atoms with Crippen LogP contribution in [0.4, 0.5) is 0 Å². The largest absolute Gasteiger partial charge is 0.493 e. The third-order valence-electron chi connectivity index (χ3n) is 6.57. The maximum Gasteiger partial charge on any atom is 0.120 e. The zero-order valence-electron chi connectivity index (χ0n) is 13.8. The summed E-state index contributed by atoms with van der Waals surface area (Å²) in [6.45, 7) is 7.06. The van der Waals surface area contributed by atoms with Crippen LogP contribution in [0.2, 0.25) is 10.0 Å². The van der Waals surface area contributed by atoms with E-state index < -0.39 is 0 Å². The lowest BCUT2D eigenvalue weighted by Gasteiger charge is -2.41. The summed E-state index contributed by atoms with van der Waals surface area (Å²) in [7, 11) is 0. The first-order chi connectivity index (χ1) is 11.0. The summed E-state index contributed by atoms with van der Waals surface area (Å²) in [5, 5.41) is 1.15. The van der Waals surface area contributed by atoms with Crippen molar-refractivity contribution in [2.75, 3.05) is 26.2 Å². The number of nitrogens with zero attached hydrogens (tertiary/aromatic N) is 1. The summed E-state index contributed by atoms with van der Waals surface area (Å²) in [4.78, 5) is 2.69. The number of halogens is 2. The third kappa shape index (κ3) is 2.88. The summed E-state index contributed by atoms with van der Waals surface area (Å²) in [6, 6.07) is 5.56. The van der Waals surface area contributed by atoms with Gasteiger partial charge in [0.15, 0.2) is 0 Å². The average molecular weight is 354 g/mol. The molecule has 3 fully saturated rings. The fourth-order valence-electron chi connectivity index (χ4n) is 4.63. The van der Waals surface area contributed by atoms with E-state index in [-0.39, 0.29) is 0 Å². The quantitative estimate of drug-likeness (QED) is 0.714. The molecule has 2 aliphatic carbocycles. The van der Waals surface area contributed by atoms with Gasteiger partial charge in [0.1, 0.15) is 5.75 Å². The van der Waals surface area contributed by atoms with E-state index in [0.29, 0.717) is 20.9 Å². The van der Waals surface area contributed by atoms with E-state index in [1.807, 2.05) is 18.2 Å². The molecule has 4 rings (SSSR count). The maximum absolute atomic E-state index is 6.07. The van der Waals surface area contributed by atoms with Crippen LogP contribution < -0.4 is 4.74 Å². The zero-order chi connectivity index (χ0) is 16.1. The van der Waals surface area contributed by atoms with Crippen molar-refractivity contribution in [3.05, 3.63) is 28.2 Å². The molecule has 0 spiro atoms. The monoisotopic (exact) mass is 353 g/mol. The highest BCUT2D eigenvalue weighted by Gasteiger charge is 2.74. The molecule has 3 aliphatic rings. The Morgan fingerprint density at radius 3 is 2.52 bits per heavy atom. The third-order valence-corrected chi connectivity index (χ3v) is 7.31. The molecule has 1 aromatic rings. The fourth-order valence-corrected chi connectivity index (χ4v) is 4.92. The molecule has 23 heavy (non-hydrogen) atoms. The molecule has 126 valence electrons. The van der Waals surface area contributed by atoms with E-state index in [9.17, 15) is 0 Å². The number of hydrogen-bond acceptors (Lipinski definition) is 2. The van der Waals surface area contributed by atoms with Gasteiger partial charge in [0.2, 0.25) is 0 Å². The molecule has 2 nitrogen and oxygen atoms in total. The van der Waals surface area contributed by atoms with Crippen molar-refractivity contribution in [2.24, 2.45) is 16.7 Å². The molecule has 0 N–H and O–H groups in total. The highest BCUT2D eigenvalue weighted by Crippen LogP contribution is 2.77. The highest BCUT2D eigenvalue weighted by molar-refractivity contribution is 6.42. The number of ether oxygens (including phenoxy) is 1. The van der Waals surface area contributed by atoms with E-state index in [2.05, 4.69) is 11.8 Å². The lowest BCUT2D eigenvalue weighted by atomic mass is 9.73. The van der Waals surface area contributed by atoms with Gasteiger partial charge in [0.25, 0.3) is 0 Å². The first-order valence-electron chi connectivity index (χ1n) is 8.82. The Morgan fingerprint density at radius 1 is 1.13 bits per heavy atom. The van der Waals surface area contributed by atoms with Crippen LogP contribution in [0.1, 0.15) is 39.0 Å². The molecule has 4 heteroatoms. The molecule has 0 amide bonds. The second kappa shape index (κ2) is 5.82. The molecule has 1 saturated heterocycles. The van der Waals surface area contributed by atoms with Crippen molar-refractivity contribution in [2.45, 2.75) is 39.0 Å². The van der Waals surface area contributed by atoms with E-state index in [1.54, 1.807) is 0 Å². The van der Waals surface area contributed by atoms with Gasteiger partial charge in [-0.3, -0.25) is 0 Å². The van der Waals surface area contributed by atoms with E-state index >= 15 is 0 Å². The van der Waals surface area contributed by atoms with Crippen LogP contribution in [0.15, 0.2) is 18.2 Å². The van der Waals surface area contributed by atoms with Crippen molar-refractivity contribution >= 4 is 23.2 Å². The van der Waals surface area contributed by atoms with Crippen LogP contribution in [0, 0.1) is 16.7 Å². The molecule has 1 aromatic carbocycles. The summed E-state index contributed by atoms with van der Waals surface area (Å²) in [5.74, 6) is 1.75. The maximum atomic E-state index is 6.07. The predicted molar refractivity (Wildman–Crippen MR) is 95.5 cm³/mol. The van der Waals surface area contributed by atoms with Gasteiger partial charge in [-0.2, -0.15) is 0 Å². The summed E-state index contributed by atoms with van der Waals surface area (Å²) < 4.78 is 6.06. The molecule has 0 aromatic heterocycles. The number of piperidine rings is 1. The van der Waals surface area contributed by atoms with E-state index in [1.165, 1.54) is 51.7 Å². The average Bonchev–Trinajstić information content (AvgIpc) is 2.98. The Balaban J connectivity index is 1.33. The second-order valence-corrected chi connectivity index (χ2v) is 8.88. The number of likely N-dealkylation sites (tertiary alicyclic amines) is 1. The van der Waals surface area contributed by atoms with Crippen molar-refractivity contribution in [1.82, 2.24) is 4.90 Å². The Kier molecular flexibility index (Phi) is 4.06. The molecule has 0 radical (unpaired) electrons. The lowest BCUT2D eigenvalue weighted by molar-refractivity contribution is 0.0565. The molecule has 0 bridgehead atoms. The minimum atomic E-state index is 0.433. The minimum absolute atomic E-state index is 0.433. The van der Waals surface area contributed by atoms with Crippen molar-refractivity contribution in [3.8, 4) is 5.75 Å². The van der Waals surface area contributed by atoms with Gasteiger partial charge in [0.05, 0.1) is 16.7 Å². The summed E-state index contributed by atoms with van der Waals surface area (Å²) in [6.07, 6.45) is 6.77. The molecular weight excluding hydrogens is 329 g/mol. The van der Waals surface area contributed by atoms with Crippen LogP contribution in [-0.2, 0) is 0 Å². The highest BCUT2D eigenvalue weighted by atomic mass is 35.5. The number of fused-ring (bicyclic) bond motifs is 1. The zero-order valence-corrected chi connectivity index (χ0v) is 15.3.